The summed E-state index contributed by atoms with van der Waals surface area (Å²) >= 11 is 7.84. The van der Waals surface area contributed by atoms with Crippen LogP contribution in [0.3, 0.4) is 0 Å². The Morgan fingerprint density at radius 3 is 2.83 bits per heavy atom. The van der Waals surface area contributed by atoms with Crippen molar-refractivity contribution in [1.82, 2.24) is 5.32 Å². The normalized spacial score (nSPS) is 12.8. The van der Waals surface area contributed by atoms with E-state index >= 15 is 0 Å². The van der Waals surface area contributed by atoms with Crippen molar-refractivity contribution in [3.05, 3.63) is 21.3 Å². The highest BCUT2D eigenvalue weighted by Gasteiger charge is 2.11. The first-order valence-electron chi connectivity index (χ1n) is 6.29. The fourth-order valence-electron chi connectivity index (χ4n) is 1.73. The third-order valence-corrected chi connectivity index (χ3v) is 4.07. The summed E-state index contributed by atoms with van der Waals surface area (Å²) in [6.45, 7) is 5.16. The van der Waals surface area contributed by atoms with Crippen LogP contribution in [0, 0.1) is 0 Å². The average Bonchev–Trinajstić information content (AvgIpc) is 2.75. The Hall–Kier alpha value is -0.130. The summed E-state index contributed by atoms with van der Waals surface area (Å²) in [5, 5.41) is 6.39. The molecule has 0 bridgehead atoms. The molecule has 1 aromatic heterocycles. The molecule has 0 saturated carbocycles. The van der Waals surface area contributed by atoms with Gasteiger partial charge in [0.1, 0.15) is 0 Å². The van der Waals surface area contributed by atoms with E-state index in [1.54, 1.807) is 18.4 Å². The number of rotatable bonds is 10. The van der Waals surface area contributed by atoms with Gasteiger partial charge in [0.15, 0.2) is 0 Å². The lowest BCUT2D eigenvalue weighted by atomic mass is 10.1. The molecule has 1 aromatic rings. The zero-order valence-corrected chi connectivity index (χ0v) is 12.6. The van der Waals surface area contributed by atoms with E-state index in [9.17, 15) is 0 Å². The Balaban J connectivity index is 2.29. The molecule has 0 amide bonds. The van der Waals surface area contributed by atoms with Gasteiger partial charge in [0, 0.05) is 24.6 Å². The van der Waals surface area contributed by atoms with E-state index < -0.39 is 0 Å². The van der Waals surface area contributed by atoms with Crippen molar-refractivity contribution in [1.29, 1.82) is 0 Å². The first-order chi connectivity index (χ1) is 8.77. The standard InChI is InChI=1S/C13H22ClNO2S/c1-3-15-11(4-6-17-8-7-16-2)10-13-12(14)5-9-18-13/h5,9,11,15H,3-4,6-8,10H2,1-2H3. The second-order valence-electron chi connectivity index (χ2n) is 4.04. The fraction of sp³-hybridized carbons (Fsp3) is 0.692. The predicted molar refractivity (Wildman–Crippen MR) is 77.8 cm³/mol. The molecular formula is C13H22ClNO2S. The van der Waals surface area contributed by atoms with Gasteiger partial charge < -0.3 is 14.8 Å². The highest BCUT2D eigenvalue weighted by molar-refractivity contribution is 7.10. The smallest absolute Gasteiger partial charge is 0.0700 e. The van der Waals surface area contributed by atoms with Crippen molar-refractivity contribution in [3.8, 4) is 0 Å². The Morgan fingerprint density at radius 2 is 2.22 bits per heavy atom. The van der Waals surface area contributed by atoms with Crippen LogP contribution in [0.4, 0.5) is 0 Å². The molecule has 0 saturated heterocycles. The number of thiophene rings is 1. The van der Waals surface area contributed by atoms with Gasteiger partial charge in [-0.2, -0.15) is 0 Å². The van der Waals surface area contributed by atoms with Crippen LogP contribution in [0.25, 0.3) is 0 Å². The van der Waals surface area contributed by atoms with Crippen LogP contribution in [0.2, 0.25) is 5.02 Å². The molecule has 0 aliphatic heterocycles. The first-order valence-corrected chi connectivity index (χ1v) is 7.55. The molecule has 18 heavy (non-hydrogen) atoms. The average molecular weight is 292 g/mol. The summed E-state index contributed by atoms with van der Waals surface area (Å²) in [6.07, 6.45) is 1.96. The maximum Gasteiger partial charge on any atom is 0.0700 e. The van der Waals surface area contributed by atoms with Gasteiger partial charge in [-0.3, -0.25) is 0 Å². The summed E-state index contributed by atoms with van der Waals surface area (Å²) in [5.41, 5.74) is 0. The highest BCUT2D eigenvalue weighted by atomic mass is 35.5. The molecule has 1 rings (SSSR count). The van der Waals surface area contributed by atoms with Gasteiger partial charge in [-0.1, -0.05) is 18.5 Å². The Labute approximate surface area is 118 Å². The lowest BCUT2D eigenvalue weighted by Gasteiger charge is -2.17. The maximum absolute atomic E-state index is 6.12. The van der Waals surface area contributed by atoms with Crippen molar-refractivity contribution in [3.63, 3.8) is 0 Å². The van der Waals surface area contributed by atoms with Crippen molar-refractivity contribution >= 4 is 22.9 Å². The van der Waals surface area contributed by atoms with Crippen LogP contribution < -0.4 is 5.32 Å². The van der Waals surface area contributed by atoms with E-state index in [-0.39, 0.29) is 0 Å². The predicted octanol–water partition coefficient (Wildman–Crippen LogP) is 2.98. The molecule has 5 heteroatoms. The molecule has 1 unspecified atom stereocenters. The van der Waals surface area contributed by atoms with Gasteiger partial charge in [-0.25, -0.2) is 0 Å². The molecule has 0 aromatic carbocycles. The molecule has 0 aliphatic rings. The van der Waals surface area contributed by atoms with Gasteiger partial charge in [-0.15, -0.1) is 11.3 Å². The van der Waals surface area contributed by atoms with Gasteiger partial charge in [-0.05, 0) is 30.8 Å². The largest absolute Gasteiger partial charge is 0.382 e. The summed E-state index contributed by atoms with van der Waals surface area (Å²) in [6, 6.07) is 2.38. The number of methoxy groups -OCH3 is 1. The van der Waals surface area contributed by atoms with Crippen LogP contribution in [0.15, 0.2) is 11.4 Å². The molecule has 1 atom stereocenters. The molecular weight excluding hydrogens is 270 g/mol. The third kappa shape index (κ3) is 6.16. The fourth-order valence-corrected chi connectivity index (χ4v) is 2.92. The Kier molecular flexibility index (Phi) is 8.63. The molecule has 3 nitrogen and oxygen atoms in total. The van der Waals surface area contributed by atoms with Crippen LogP contribution >= 0.6 is 22.9 Å². The minimum Gasteiger partial charge on any atom is -0.382 e. The molecule has 104 valence electrons. The summed E-state index contributed by atoms with van der Waals surface area (Å²) in [4.78, 5) is 1.25. The Bertz CT molecular complexity index is 320. The van der Waals surface area contributed by atoms with Crippen molar-refractivity contribution < 1.29 is 9.47 Å². The van der Waals surface area contributed by atoms with Crippen molar-refractivity contribution in [2.24, 2.45) is 0 Å². The van der Waals surface area contributed by atoms with Crippen LogP contribution in [0.1, 0.15) is 18.2 Å². The van der Waals surface area contributed by atoms with Crippen LogP contribution in [0.5, 0.6) is 0 Å². The molecule has 1 N–H and O–H groups in total. The molecule has 0 aliphatic carbocycles. The zero-order valence-electron chi connectivity index (χ0n) is 11.1. The third-order valence-electron chi connectivity index (χ3n) is 2.66. The molecule has 0 radical (unpaired) electrons. The van der Waals surface area contributed by atoms with E-state index in [2.05, 4.69) is 12.2 Å². The van der Waals surface area contributed by atoms with E-state index in [0.717, 1.165) is 31.0 Å². The van der Waals surface area contributed by atoms with Gasteiger partial charge in [0.25, 0.3) is 0 Å². The monoisotopic (exact) mass is 291 g/mol. The number of hydrogen-bond acceptors (Lipinski definition) is 4. The first kappa shape index (κ1) is 15.9. The van der Waals surface area contributed by atoms with E-state index in [1.165, 1.54) is 4.88 Å². The number of hydrogen-bond donors (Lipinski definition) is 1. The number of likely N-dealkylation sites (N-methyl/N-ethyl adjacent to an activating group) is 1. The zero-order chi connectivity index (χ0) is 13.2. The van der Waals surface area contributed by atoms with Gasteiger partial charge in [0.2, 0.25) is 0 Å². The quantitative estimate of drug-likeness (QED) is 0.672. The van der Waals surface area contributed by atoms with Crippen molar-refractivity contribution in [2.75, 3.05) is 33.5 Å². The van der Waals surface area contributed by atoms with Gasteiger partial charge >= 0.3 is 0 Å². The second-order valence-corrected chi connectivity index (χ2v) is 5.45. The number of halogens is 1. The minimum absolute atomic E-state index is 0.425. The number of nitrogens with one attached hydrogen (secondary N) is 1. The van der Waals surface area contributed by atoms with E-state index in [0.29, 0.717) is 19.3 Å². The second kappa shape index (κ2) is 9.75. The summed E-state index contributed by atoms with van der Waals surface area (Å²) in [7, 11) is 1.68. The molecule has 1 heterocycles. The summed E-state index contributed by atoms with van der Waals surface area (Å²) < 4.78 is 10.4. The van der Waals surface area contributed by atoms with E-state index in [4.69, 9.17) is 21.1 Å². The van der Waals surface area contributed by atoms with Crippen LogP contribution in [-0.4, -0.2) is 39.5 Å². The molecule has 0 spiro atoms. The topological polar surface area (TPSA) is 30.5 Å². The highest BCUT2D eigenvalue weighted by Crippen LogP contribution is 2.23. The summed E-state index contributed by atoms with van der Waals surface area (Å²) in [5.74, 6) is 0. The van der Waals surface area contributed by atoms with Gasteiger partial charge in [0.05, 0.1) is 18.2 Å². The number of ether oxygens (including phenoxy) is 2. The van der Waals surface area contributed by atoms with E-state index in [1.807, 2.05) is 11.4 Å². The SMILES string of the molecule is CCNC(CCOCCOC)Cc1sccc1Cl. The lowest BCUT2D eigenvalue weighted by Crippen LogP contribution is -2.32. The Morgan fingerprint density at radius 1 is 1.39 bits per heavy atom. The molecule has 0 fully saturated rings. The van der Waals surface area contributed by atoms with Crippen LogP contribution in [-0.2, 0) is 15.9 Å². The lowest BCUT2D eigenvalue weighted by molar-refractivity contribution is 0.0659. The minimum atomic E-state index is 0.425. The maximum atomic E-state index is 6.12. The van der Waals surface area contributed by atoms with Crippen molar-refractivity contribution in [2.45, 2.75) is 25.8 Å².